The molecule has 2 aliphatic heterocycles. The molecule has 0 bridgehead atoms. The highest BCUT2D eigenvalue weighted by Gasteiger charge is 2.60. The maximum atomic E-state index is 12.5. The quantitative estimate of drug-likeness (QED) is 0.595. The number of thiocarbonyl (C=S) groups is 1. The number of hydrogen-bond acceptors (Lipinski definition) is 5. The topological polar surface area (TPSA) is 80.9 Å². The van der Waals surface area contributed by atoms with E-state index in [1.54, 1.807) is 12.1 Å². The lowest BCUT2D eigenvalue weighted by molar-refractivity contribution is -0.188. The summed E-state index contributed by atoms with van der Waals surface area (Å²) in [6.07, 6.45) is -0.614. The lowest BCUT2D eigenvalue weighted by atomic mass is 9.96. The molecule has 0 unspecified atom stereocenters. The molecule has 1 amide bonds. The zero-order chi connectivity index (χ0) is 21.9. The van der Waals surface area contributed by atoms with Crippen LogP contribution in [0.4, 0.5) is 5.69 Å². The molecule has 7 nitrogen and oxygen atoms in total. The van der Waals surface area contributed by atoms with Gasteiger partial charge in [-0.2, -0.15) is 0 Å². The molecule has 2 aromatic rings. The second-order valence-corrected chi connectivity index (χ2v) is 8.61. The number of para-hydroxylation sites is 1. The van der Waals surface area contributed by atoms with Crippen LogP contribution in [-0.2, 0) is 14.2 Å². The van der Waals surface area contributed by atoms with E-state index in [2.05, 4.69) is 16.0 Å². The minimum Gasteiger partial charge on any atom is -0.370 e. The first kappa shape index (κ1) is 21.7. The van der Waals surface area contributed by atoms with Crippen molar-refractivity contribution in [2.45, 2.75) is 37.4 Å². The van der Waals surface area contributed by atoms with Gasteiger partial charge in [-0.25, -0.2) is 0 Å². The molecule has 0 saturated carbocycles. The summed E-state index contributed by atoms with van der Waals surface area (Å²) in [5.41, 5.74) is 0.754. The van der Waals surface area contributed by atoms with Crippen molar-refractivity contribution >= 4 is 28.9 Å². The van der Waals surface area contributed by atoms with Crippen LogP contribution < -0.4 is 16.0 Å². The van der Waals surface area contributed by atoms with Crippen LogP contribution in [0.15, 0.2) is 60.7 Å². The minimum absolute atomic E-state index is 0.156. The Balaban J connectivity index is 1.37. The molecule has 164 valence electrons. The van der Waals surface area contributed by atoms with Crippen LogP contribution in [-0.4, -0.2) is 54.3 Å². The van der Waals surface area contributed by atoms with Crippen molar-refractivity contribution in [1.82, 2.24) is 10.6 Å². The van der Waals surface area contributed by atoms with Crippen molar-refractivity contribution in [1.29, 1.82) is 0 Å². The van der Waals surface area contributed by atoms with E-state index in [1.165, 1.54) is 0 Å². The second-order valence-electron chi connectivity index (χ2n) is 8.20. The zero-order valence-corrected chi connectivity index (χ0v) is 18.4. The van der Waals surface area contributed by atoms with Gasteiger partial charge in [-0.15, -0.1) is 0 Å². The first-order valence-corrected chi connectivity index (χ1v) is 10.7. The molecule has 2 aromatic carbocycles. The van der Waals surface area contributed by atoms with Crippen molar-refractivity contribution < 1.29 is 19.0 Å². The Hall–Kier alpha value is -2.52. The second kappa shape index (κ2) is 8.92. The Labute approximate surface area is 187 Å². The molecule has 31 heavy (non-hydrogen) atoms. The number of rotatable bonds is 6. The van der Waals surface area contributed by atoms with Crippen LogP contribution in [0.2, 0.25) is 0 Å². The number of anilines is 1. The van der Waals surface area contributed by atoms with Crippen LogP contribution in [0, 0.1) is 0 Å². The van der Waals surface area contributed by atoms with Crippen molar-refractivity contribution in [2.75, 3.05) is 25.0 Å². The lowest BCUT2D eigenvalue weighted by Crippen LogP contribution is -2.52. The molecule has 0 aromatic heterocycles. The van der Waals surface area contributed by atoms with Crippen LogP contribution in [0.25, 0.3) is 0 Å². The third-order valence-electron chi connectivity index (χ3n) is 5.34. The number of nitrogens with one attached hydrogen (secondary N) is 3. The monoisotopic (exact) mass is 441 g/mol. The van der Waals surface area contributed by atoms with Crippen LogP contribution in [0.3, 0.4) is 0 Å². The molecule has 0 aliphatic carbocycles. The third-order valence-corrected chi connectivity index (χ3v) is 5.58. The van der Waals surface area contributed by atoms with E-state index >= 15 is 0 Å². The van der Waals surface area contributed by atoms with Gasteiger partial charge in [-0.3, -0.25) is 4.79 Å². The highest BCUT2D eigenvalue weighted by molar-refractivity contribution is 7.80. The molecule has 2 aliphatic rings. The number of benzene rings is 2. The Morgan fingerprint density at radius 2 is 1.74 bits per heavy atom. The van der Waals surface area contributed by atoms with E-state index in [0.29, 0.717) is 23.8 Å². The molecule has 0 radical (unpaired) electrons. The van der Waals surface area contributed by atoms with Gasteiger partial charge in [0.15, 0.2) is 10.9 Å². The summed E-state index contributed by atoms with van der Waals surface area (Å²) in [6, 6.07) is 18.8. The van der Waals surface area contributed by atoms with Gasteiger partial charge in [-0.1, -0.05) is 36.4 Å². The predicted octanol–water partition coefficient (Wildman–Crippen LogP) is 2.69. The van der Waals surface area contributed by atoms with Gasteiger partial charge in [-0.05, 0) is 50.3 Å². The van der Waals surface area contributed by atoms with E-state index in [0.717, 1.165) is 5.69 Å². The van der Waals surface area contributed by atoms with Gasteiger partial charge in [0, 0.05) is 17.8 Å². The predicted molar refractivity (Wildman–Crippen MR) is 122 cm³/mol. The lowest BCUT2D eigenvalue weighted by Gasteiger charge is -2.27. The number of ether oxygens (including phenoxy) is 3. The molecular weight excluding hydrogens is 414 g/mol. The molecule has 0 spiro atoms. The normalized spacial score (nSPS) is 26.1. The Morgan fingerprint density at radius 3 is 2.45 bits per heavy atom. The fourth-order valence-corrected chi connectivity index (χ4v) is 4.21. The summed E-state index contributed by atoms with van der Waals surface area (Å²) >= 11 is 5.40. The molecule has 3 atom stereocenters. The van der Waals surface area contributed by atoms with Crippen LogP contribution in [0.5, 0.6) is 0 Å². The van der Waals surface area contributed by atoms with Crippen molar-refractivity contribution in [2.24, 2.45) is 0 Å². The Bertz CT molecular complexity index is 925. The Morgan fingerprint density at radius 1 is 1.06 bits per heavy atom. The number of amides is 1. The van der Waals surface area contributed by atoms with E-state index in [-0.39, 0.29) is 24.7 Å². The van der Waals surface area contributed by atoms with Gasteiger partial charge in [0.05, 0.1) is 13.2 Å². The van der Waals surface area contributed by atoms with Crippen molar-refractivity contribution in [3.8, 4) is 0 Å². The number of carbonyl (C=O) groups is 1. The molecule has 2 heterocycles. The van der Waals surface area contributed by atoms with Gasteiger partial charge in [0.1, 0.15) is 17.8 Å². The first-order valence-electron chi connectivity index (χ1n) is 10.3. The smallest absolute Gasteiger partial charge is 0.251 e. The molecular formula is C23H27N3O4S. The van der Waals surface area contributed by atoms with Crippen molar-refractivity contribution in [3.05, 3.63) is 66.2 Å². The van der Waals surface area contributed by atoms with E-state index in [4.69, 9.17) is 26.4 Å². The summed E-state index contributed by atoms with van der Waals surface area (Å²) in [7, 11) is 0. The van der Waals surface area contributed by atoms with Crippen molar-refractivity contribution in [3.63, 3.8) is 0 Å². The summed E-state index contributed by atoms with van der Waals surface area (Å²) in [6.45, 7) is 4.81. The standard InChI is InChI=1S/C23H27N3O4S/c1-22(2)29-19-18(13-24-21(31)26-17-11-7-4-8-12-17)28-15-23(19,30-22)14-25-20(27)16-9-5-3-6-10-16/h3-12,18-19H,13-15H2,1-2H3,(H,25,27)(H2,24,26,31)/t18-,19-,23+/m1/s1. The van der Waals surface area contributed by atoms with Gasteiger partial charge < -0.3 is 30.2 Å². The maximum Gasteiger partial charge on any atom is 0.251 e. The third kappa shape index (κ3) is 5.04. The SMILES string of the molecule is CC1(C)O[C@@H]2[C@@H](CNC(=S)Nc3ccccc3)OC[C@]2(CNC(=O)c2ccccc2)O1. The molecule has 3 N–H and O–H groups in total. The maximum absolute atomic E-state index is 12.5. The number of carbonyl (C=O) groups excluding carboxylic acids is 1. The van der Waals surface area contributed by atoms with E-state index in [9.17, 15) is 4.79 Å². The zero-order valence-electron chi connectivity index (χ0n) is 17.6. The summed E-state index contributed by atoms with van der Waals surface area (Å²) in [5.74, 6) is -0.927. The highest BCUT2D eigenvalue weighted by Crippen LogP contribution is 2.43. The fraction of sp³-hybridized carbons (Fsp3) is 0.391. The fourth-order valence-electron chi connectivity index (χ4n) is 4.01. The average molecular weight is 442 g/mol. The number of hydrogen-bond donors (Lipinski definition) is 3. The van der Waals surface area contributed by atoms with E-state index < -0.39 is 11.4 Å². The van der Waals surface area contributed by atoms with Gasteiger partial charge >= 0.3 is 0 Å². The highest BCUT2D eigenvalue weighted by atomic mass is 32.1. The van der Waals surface area contributed by atoms with Gasteiger partial charge in [0.25, 0.3) is 5.91 Å². The Kier molecular flexibility index (Phi) is 6.24. The van der Waals surface area contributed by atoms with Crippen LogP contribution in [0.1, 0.15) is 24.2 Å². The molecule has 8 heteroatoms. The van der Waals surface area contributed by atoms with Gasteiger partial charge in [0.2, 0.25) is 0 Å². The first-order chi connectivity index (χ1) is 14.9. The van der Waals surface area contributed by atoms with Crippen LogP contribution >= 0.6 is 12.2 Å². The molecule has 4 rings (SSSR count). The molecule has 2 fully saturated rings. The number of fused-ring (bicyclic) bond motifs is 1. The minimum atomic E-state index is -0.771. The molecule has 2 saturated heterocycles. The largest absolute Gasteiger partial charge is 0.370 e. The summed E-state index contributed by atoms with van der Waals surface area (Å²) in [5, 5.41) is 9.82. The van der Waals surface area contributed by atoms with E-state index in [1.807, 2.05) is 62.4 Å². The average Bonchev–Trinajstić information content (AvgIpc) is 3.22. The summed E-state index contributed by atoms with van der Waals surface area (Å²) < 4.78 is 18.4. The summed E-state index contributed by atoms with van der Waals surface area (Å²) in [4.78, 5) is 12.5.